The minimum Gasteiger partial charge on any atom is -0.320 e. The van der Waals surface area contributed by atoms with Gasteiger partial charge in [-0.25, -0.2) is 4.39 Å². The molecular weight excluding hydrogens is 443 g/mol. The lowest BCUT2D eigenvalue weighted by atomic mass is 10.1. The molecule has 0 aliphatic carbocycles. The highest BCUT2D eigenvalue weighted by atomic mass is 32.1. The molecule has 4 aromatic rings. The summed E-state index contributed by atoms with van der Waals surface area (Å²) >= 11 is 3.08. The number of amides is 1. The molecule has 0 radical (unpaired) electrons. The third-order valence-corrected chi connectivity index (χ3v) is 6.75. The molecular formula is C24H23FN4OS2. The number of carbonyl (C=O) groups excluding carboxylic acids is 1. The fraction of sp³-hybridized carbons (Fsp3) is 0.208. The van der Waals surface area contributed by atoms with Crippen LogP contribution in [0.5, 0.6) is 0 Å². The summed E-state index contributed by atoms with van der Waals surface area (Å²) in [4.78, 5) is 17.4. The second kappa shape index (κ2) is 10.6. The highest BCUT2D eigenvalue weighted by Crippen LogP contribution is 2.21. The van der Waals surface area contributed by atoms with Crippen LogP contribution in [0.4, 0.5) is 10.1 Å². The molecule has 1 amide bonds. The molecule has 2 aromatic carbocycles. The van der Waals surface area contributed by atoms with E-state index in [2.05, 4.69) is 63.7 Å². The Morgan fingerprint density at radius 2 is 1.75 bits per heavy atom. The number of hydrogen-bond acceptors (Lipinski definition) is 6. The van der Waals surface area contributed by atoms with Crippen molar-refractivity contribution in [3.63, 3.8) is 0 Å². The summed E-state index contributed by atoms with van der Waals surface area (Å²) < 4.78 is 13.1. The van der Waals surface area contributed by atoms with Crippen LogP contribution in [0.3, 0.4) is 0 Å². The fourth-order valence-corrected chi connectivity index (χ4v) is 4.96. The first-order valence-corrected chi connectivity index (χ1v) is 11.9. The van der Waals surface area contributed by atoms with Crippen molar-refractivity contribution in [2.24, 2.45) is 0 Å². The summed E-state index contributed by atoms with van der Waals surface area (Å²) in [5, 5.41) is 12.1. The van der Waals surface area contributed by atoms with E-state index in [1.807, 2.05) is 6.07 Å². The average Bonchev–Trinajstić information content (AvgIpc) is 3.43. The Balaban J connectivity index is 1.42. The third kappa shape index (κ3) is 6.29. The Hall–Kier alpha value is -2.94. The van der Waals surface area contributed by atoms with E-state index < -0.39 is 0 Å². The molecule has 32 heavy (non-hydrogen) atoms. The van der Waals surface area contributed by atoms with Crippen molar-refractivity contribution in [2.45, 2.75) is 26.4 Å². The van der Waals surface area contributed by atoms with E-state index in [9.17, 15) is 9.18 Å². The minimum absolute atomic E-state index is 0.291. The topological polar surface area (TPSA) is 58.1 Å². The maximum atomic E-state index is 13.1. The van der Waals surface area contributed by atoms with Crippen LogP contribution in [0.2, 0.25) is 0 Å². The molecule has 0 saturated heterocycles. The third-order valence-electron chi connectivity index (χ3n) is 4.86. The maximum Gasteiger partial charge on any atom is 0.286 e. The highest BCUT2D eigenvalue weighted by Gasteiger charge is 2.16. The van der Waals surface area contributed by atoms with Gasteiger partial charge in [0.1, 0.15) is 10.8 Å². The van der Waals surface area contributed by atoms with Crippen molar-refractivity contribution in [3.8, 4) is 0 Å². The van der Waals surface area contributed by atoms with Gasteiger partial charge in [-0.2, -0.15) is 0 Å². The van der Waals surface area contributed by atoms with Gasteiger partial charge in [0.2, 0.25) is 5.01 Å². The molecule has 0 unspecified atom stereocenters. The molecule has 0 fully saturated rings. The number of aromatic nitrogens is 2. The van der Waals surface area contributed by atoms with Crippen molar-refractivity contribution < 1.29 is 9.18 Å². The van der Waals surface area contributed by atoms with Gasteiger partial charge in [0, 0.05) is 28.5 Å². The lowest BCUT2D eigenvalue weighted by Crippen LogP contribution is -2.25. The summed E-state index contributed by atoms with van der Waals surface area (Å²) in [6.45, 7) is 4.42. The fourth-order valence-electron chi connectivity index (χ4n) is 3.25. The summed E-state index contributed by atoms with van der Waals surface area (Å²) in [6, 6.07) is 20.3. The number of hydrogen-bond donors (Lipinski definition) is 1. The van der Waals surface area contributed by atoms with Crippen molar-refractivity contribution >= 4 is 34.3 Å². The zero-order valence-corrected chi connectivity index (χ0v) is 19.3. The number of halogens is 1. The van der Waals surface area contributed by atoms with Crippen molar-refractivity contribution in [1.29, 1.82) is 0 Å². The SMILES string of the molecule is Cc1ccc(CN(CCc2ccccc2)Cc2nnc(C(=O)Nc3ccc(F)cc3)s2)s1. The molecule has 2 heterocycles. The van der Waals surface area contributed by atoms with E-state index in [-0.39, 0.29) is 11.7 Å². The molecule has 4 rings (SSSR count). The molecule has 8 heteroatoms. The first kappa shape index (κ1) is 22.3. The predicted molar refractivity (Wildman–Crippen MR) is 128 cm³/mol. The average molecular weight is 467 g/mol. The van der Waals surface area contributed by atoms with E-state index in [1.54, 1.807) is 11.3 Å². The molecule has 0 saturated carbocycles. The standard InChI is InChI=1S/C24H23FN4OS2/c1-17-7-12-21(31-17)15-29(14-13-18-5-3-2-4-6-18)16-22-27-28-24(32-22)23(30)26-20-10-8-19(25)9-11-20/h2-12H,13-16H2,1H3,(H,26,30). The van der Waals surface area contributed by atoms with Gasteiger partial charge in [-0.1, -0.05) is 41.7 Å². The number of nitrogens with zero attached hydrogens (tertiary/aromatic N) is 3. The van der Waals surface area contributed by atoms with Gasteiger partial charge in [-0.3, -0.25) is 9.69 Å². The first-order valence-electron chi connectivity index (χ1n) is 10.3. The summed E-state index contributed by atoms with van der Waals surface area (Å²) in [6.07, 6.45) is 0.932. The largest absolute Gasteiger partial charge is 0.320 e. The van der Waals surface area contributed by atoms with Gasteiger partial charge >= 0.3 is 0 Å². The predicted octanol–water partition coefficient (Wildman–Crippen LogP) is 5.54. The van der Waals surface area contributed by atoms with Crippen molar-refractivity contribution in [1.82, 2.24) is 15.1 Å². The van der Waals surface area contributed by atoms with Crippen LogP contribution in [0.25, 0.3) is 0 Å². The first-order chi connectivity index (χ1) is 15.5. The minimum atomic E-state index is -0.349. The summed E-state index contributed by atoms with van der Waals surface area (Å²) in [5.41, 5.74) is 1.81. The number of carbonyl (C=O) groups is 1. The number of nitrogens with one attached hydrogen (secondary N) is 1. The van der Waals surface area contributed by atoms with Gasteiger partial charge in [0.05, 0.1) is 6.54 Å². The van der Waals surface area contributed by atoms with E-state index in [1.165, 1.54) is 50.9 Å². The molecule has 1 N–H and O–H groups in total. The second-order valence-electron chi connectivity index (χ2n) is 7.42. The summed E-state index contributed by atoms with van der Waals surface area (Å²) in [7, 11) is 0. The summed E-state index contributed by atoms with van der Waals surface area (Å²) in [5.74, 6) is -0.692. The van der Waals surface area contributed by atoms with E-state index in [4.69, 9.17) is 0 Å². The van der Waals surface area contributed by atoms with Gasteiger partial charge in [-0.15, -0.1) is 21.5 Å². The highest BCUT2D eigenvalue weighted by molar-refractivity contribution is 7.13. The molecule has 0 spiro atoms. The van der Waals surface area contributed by atoms with Gasteiger partial charge in [0.15, 0.2) is 0 Å². The number of benzene rings is 2. The normalized spacial score (nSPS) is 11.1. The molecule has 164 valence electrons. The van der Waals surface area contributed by atoms with Crippen LogP contribution >= 0.6 is 22.7 Å². The quantitative estimate of drug-likeness (QED) is 0.352. The monoisotopic (exact) mass is 466 g/mol. The van der Waals surface area contributed by atoms with Crippen LogP contribution in [-0.4, -0.2) is 27.5 Å². The van der Waals surface area contributed by atoms with E-state index >= 15 is 0 Å². The zero-order chi connectivity index (χ0) is 22.3. The molecule has 0 aliphatic rings. The Morgan fingerprint density at radius 3 is 2.47 bits per heavy atom. The smallest absolute Gasteiger partial charge is 0.286 e. The molecule has 0 bridgehead atoms. The van der Waals surface area contributed by atoms with Crippen molar-refractivity contribution in [3.05, 3.63) is 97.9 Å². The maximum absolute atomic E-state index is 13.1. The number of aryl methyl sites for hydroxylation is 1. The lowest BCUT2D eigenvalue weighted by Gasteiger charge is -2.20. The molecule has 5 nitrogen and oxygen atoms in total. The Morgan fingerprint density at radius 1 is 0.969 bits per heavy atom. The van der Waals surface area contributed by atoms with E-state index in [0.717, 1.165) is 24.5 Å². The molecule has 0 atom stereocenters. The second-order valence-corrected chi connectivity index (χ2v) is 9.86. The van der Waals surface area contributed by atoms with Crippen LogP contribution in [-0.2, 0) is 19.5 Å². The Bertz CT molecular complexity index is 1160. The Kier molecular flexibility index (Phi) is 7.36. The van der Waals surface area contributed by atoms with E-state index in [0.29, 0.717) is 17.2 Å². The molecule has 2 aromatic heterocycles. The lowest BCUT2D eigenvalue weighted by molar-refractivity contribution is 0.102. The number of anilines is 1. The van der Waals surface area contributed by atoms with Crippen LogP contribution < -0.4 is 5.32 Å². The van der Waals surface area contributed by atoms with Gasteiger partial charge in [0.25, 0.3) is 5.91 Å². The number of thiophene rings is 1. The Labute approximate surface area is 194 Å². The van der Waals surface area contributed by atoms with Crippen LogP contribution in [0.1, 0.15) is 30.1 Å². The van der Waals surface area contributed by atoms with Gasteiger partial charge in [-0.05, 0) is 55.3 Å². The van der Waals surface area contributed by atoms with Crippen LogP contribution in [0, 0.1) is 12.7 Å². The van der Waals surface area contributed by atoms with Gasteiger partial charge < -0.3 is 5.32 Å². The molecule has 0 aliphatic heterocycles. The zero-order valence-electron chi connectivity index (χ0n) is 17.6. The van der Waals surface area contributed by atoms with Crippen molar-refractivity contribution in [2.75, 3.05) is 11.9 Å². The van der Waals surface area contributed by atoms with Crippen LogP contribution in [0.15, 0.2) is 66.7 Å². The number of rotatable bonds is 9.